The SMILES string of the molecule is CN=C(NCCCCN1CCCC(C)C1)NCCCOCc1ccco1. The molecule has 0 radical (unpaired) electrons. The van der Waals surface area contributed by atoms with E-state index >= 15 is 0 Å². The number of hydrogen-bond acceptors (Lipinski definition) is 4. The lowest BCUT2D eigenvalue weighted by atomic mass is 10.0. The van der Waals surface area contributed by atoms with Gasteiger partial charge in [0.1, 0.15) is 12.4 Å². The molecule has 6 heteroatoms. The van der Waals surface area contributed by atoms with Gasteiger partial charge in [0, 0.05) is 33.3 Å². The molecule has 0 spiro atoms. The Labute approximate surface area is 158 Å². The highest BCUT2D eigenvalue weighted by Crippen LogP contribution is 2.15. The molecule has 1 unspecified atom stereocenters. The van der Waals surface area contributed by atoms with E-state index < -0.39 is 0 Å². The number of piperidine rings is 1. The molecule has 0 aromatic carbocycles. The van der Waals surface area contributed by atoms with Gasteiger partial charge in [-0.25, -0.2) is 0 Å². The van der Waals surface area contributed by atoms with E-state index in [9.17, 15) is 0 Å². The third-order valence-corrected chi connectivity index (χ3v) is 4.74. The van der Waals surface area contributed by atoms with Gasteiger partial charge in [-0.15, -0.1) is 0 Å². The zero-order valence-corrected chi connectivity index (χ0v) is 16.5. The fourth-order valence-corrected chi connectivity index (χ4v) is 3.33. The van der Waals surface area contributed by atoms with E-state index in [-0.39, 0.29) is 0 Å². The summed E-state index contributed by atoms with van der Waals surface area (Å²) in [5.41, 5.74) is 0. The molecule has 0 bridgehead atoms. The van der Waals surface area contributed by atoms with Gasteiger partial charge in [0.25, 0.3) is 0 Å². The highest BCUT2D eigenvalue weighted by molar-refractivity contribution is 5.79. The van der Waals surface area contributed by atoms with Gasteiger partial charge in [-0.1, -0.05) is 6.92 Å². The van der Waals surface area contributed by atoms with Crippen LogP contribution < -0.4 is 10.6 Å². The lowest BCUT2D eigenvalue weighted by molar-refractivity contribution is 0.105. The van der Waals surface area contributed by atoms with Gasteiger partial charge in [-0.05, 0) is 63.2 Å². The molecule has 1 atom stereocenters. The van der Waals surface area contributed by atoms with Crippen LogP contribution in [0, 0.1) is 5.92 Å². The van der Waals surface area contributed by atoms with E-state index in [2.05, 4.69) is 27.4 Å². The molecular formula is C20H36N4O2. The summed E-state index contributed by atoms with van der Waals surface area (Å²) < 4.78 is 10.8. The predicted molar refractivity (Wildman–Crippen MR) is 106 cm³/mol. The van der Waals surface area contributed by atoms with Crippen LogP contribution in [0.2, 0.25) is 0 Å². The first kappa shape index (κ1) is 20.8. The number of rotatable bonds is 11. The number of unbranched alkanes of at least 4 members (excludes halogenated alkanes) is 1. The van der Waals surface area contributed by atoms with Crippen molar-refractivity contribution in [1.29, 1.82) is 0 Å². The van der Waals surface area contributed by atoms with Crippen LogP contribution in [0.5, 0.6) is 0 Å². The summed E-state index contributed by atoms with van der Waals surface area (Å²) in [6.45, 7) is 9.22. The Hall–Kier alpha value is -1.53. The molecule has 1 aromatic heterocycles. The summed E-state index contributed by atoms with van der Waals surface area (Å²) in [6, 6.07) is 3.80. The second-order valence-electron chi connectivity index (χ2n) is 7.17. The summed E-state index contributed by atoms with van der Waals surface area (Å²) in [6.07, 6.45) is 7.79. The summed E-state index contributed by atoms with van der Waals surface area (Å²) in [5, 5.41) is 6.73. The minimum atomic E-state index is 0.537. The molecule has 1 fully saturated rings. The van der Waals surface area contributed by atoms with Crippen molar-refractivity contribution in [3.05, 3.63) is 24.2 Å². The van der Waals surface area contributed by atoms with Crippen molar-refractivity contribution in [2.24, 2.45) is 10.9 Å². The Morgan fingerprint density at radius 2 is 2.15 bits per heavy atom. The third-order valence-electron chi connectivity index (χ3n) is 4.74. The van der Waals surface area contributed by atoms with Crippen LogP contribution in [-0.2, 0) is 11.3 Å². The van der Waals surface area contributed by atoms with E-state index in [0.29, 0.717) is 13.2 Å². The summed E-state index contributed by atoms with van der Waals surface area (Å²) in [7, 11) is 1.82. The second-order valence-corrected chi connectivity index (χ2v) is 7.17. The Balaban J connectivity index is 1.42. The van der Waals surface area contributed by atoms with Crippen molar-refractivity contribution in [3.8, 4) is 0 Å². The number of aliphatic imine (C=N–C) groups is 1. The Morgan fingerprint density at radius 1 is 1.31 bits per heavy atom. The van der Waals surface area contributed by atoms with Crippen LogP contribution in [0.25, 0.3) is 0 Å². The number of likely N-dealkylation sites (tertiary alicyclic amines) is 1. The fourth-order valence-electron chi connectivity index (χ4n) is 3.33. The fraction of sp³-hybridized carbons (Fsp3) is 0.750. The smallest absolute Gasteiger partial charge is 0.190 e. The Bertz CT molecular complexity index is 490. The summed E-state index contributed by atoms with van der Waals surface area (Å²) >= 11 is 0. The average molecular weight is 365 g/mol. The van der Waals surface area contributed by atoms with Crippen LogP contribution in [0.15, 0.2) is 27.8 Å². The number of nitrogens with one attached hydrogen (secondary N) is 2. The first-order valence-electron chi connectivity index (χ1n) is 10.0. The summed E-state index contributed by atoms with van der Waals surface area (Å²) in [4.78, 5) is 6.89. The molecule has 0 saturated carbocycles. The molecule has 2 heterocycles. The van der Waals surface area contributed by atoms with Crippen LogP contribution in [0.1, 0.15) is 44.8 Å². The molecule has 6 nitrogen and oxygen atoms in total. The normalized spacial score (nSPS) is 18.8. The van der Waals surface area contributed by atoms with Crippen LogP contribution in [-0.4, -0.2) is 57.2 Å². The monoisotopic (exact) mass is 364 g/mol. The van der Waals surface area contributed by atoms with Gasteiger partial charge in [0.05, 0.1) is 6.26 Å². The molecule has 26 heavy (non-hydrogen) atoms. The number of hydrogen-bond donors (Lipinski definition) is 2. The van der Waals surface area contributed by atoms with Gasteiger partial charge < -0.3 is 24.7 Å². The van der Waals surface area contributed by atoms with Crippen molar-refractivity contribution < 1.29 is 9.15 Å². The van der Waals surface area contributed by atoms with Crippen molar-refractivity contribution in [1.82, 2.24) is 15.5 Å². The molecule has 0 aliphatic carbocycles. The van der Waals surface area contributed by atoms with Gasteiger partial charge >= 0.3 is 0 Å². The number of ether oxygens (including phenoxy) is 1. The molecule has 2 N–H and O–H groups in total. The number of furan rings is 1. The minimum absolute atomic E-state index is 0.537. The number of guanidine groups is 1. The molecular weight excluding hydrogens is 328 g/mol. The van der Waals surface area contributed by atoms with E-state index in [1.807, 2.05) is 19.2 Å². The lowest BCUT2D eigenvalue weighted by Gasteiger charge is -2.30. The van der Waals surface area contributed by atoms with Gasteiger partial charge in [-0.3, -0.25) is 4.99 Å². The maximum absolute atomic E-state index is 5.57. The topological polar surface area (TPSA) is 62.0 Å². The maximum atomic E-state index is 5.57. The lowest BCUT2D eigenvalue weighted by Crippen LogP contribution is -2.39. The van der Waals surface area contributed by atoms with Gasteiger partial charge in [-0.2, -0.15) is 0 Å². The molecule has 1 aromatic rings. The first-order valence-corrected chi connectivity index (χ1v) is 10.0. The van der Waals surface area contributed by atoms with Crippen LogP contribution >= 0.6 is 0 Å². The largest absolute Gasteiger partial charge is 0.467 e. The molecule has 1 saturated heterocycles. The Morgan fingerprint density at radius 3 is 2.88 bits per heavy atom. The zero-order chi connectivity index (χ0) is 18.5. The van der Waals surface area contributed by atoms with Crippen LogP contribution in [0.4, 0.5) is 0 Å². The molecule has 148 valence electrons. The standard InChI is InChI=1S/C20H36N4O2/c1-18-8-5-13-24(16-18)12-4-3-10-22-20(21-2)23-11-7-14-25-17-19-9-6-15-26-19/h6,9,15,18H,3-5,7-8,10-14,16-17H2,1-2H3,(H2,21,22,23). The van der Waals surface area contributed by atoms with Crippen molar-refractivity contribution in [2.45, 2.75) is 45.6 Å². The summed E-state index contributed by atoms with van der Waals surface area (Å²) in [5.74, 6) is 2.62. The molecule has 1 aliphatic rings. The van der Waals surface area contributed by atoms with E-state index in [0.717, 1.165) is 37.1 Å². The average Bonchev–Trinajstić information content (AvgIpc) is 3.16. The van der Waals surface area contributed by atoms with E-state index in [1.54, 1.807) is 6.26 Å². The van der Waals surface area contributed by atoms with E-state index in [4.69, 9.17) is 9.15 Å². The zero-order valence-electron chi connectivity index (χ0n) is 16.5. The third kappa shape index (κ3) is 8.72. The number of nitrogens with zero attached hydrogens (tertiary/aromatic N) is 2. The van der Waals surface area contributed by atoms with E-state index in [1.165, 1.54) is 45.3 Å². The minimum Gasteiger partial charge on any atom is -0.467 e. The molecule has 2 rings (SSSR count). The molecule has 0 amide bonds. The second kappa shape index (κ2) is 12.8. The molecule has 1 aliphatic heterocycles. The van der Waals surface area contributed by atoms with Gasteiger partial charge in [0.2, 0.25) is 0 Å². The van der Waals surface area contributed by atoms with Crippen molar-refractivity contribution in [2.75, 3.05) is 46.4 Å². The van der Waals surface area contributed by atoms with Gasteiger partial charge in [0.15, 0.2) is 5.96 Å². The highest BCUT2D eigenvalue weighted by atomic mass is 16.5. The van der Waals surface area contributed by atoms with Crippen LogP contribution in [0.3, 0.4) is 0 Å². The maximum Gasteiger partial charge on any atom is 0.190 e. The first-order chi connectivity index (χ1) is 12.8. The predicted octanol–water partition coefficient (Wildman–Crippen LogP) is 2.86. The quantitative estimate of drug-likeness (QED) is 0.359. The highest BCUT2D eigenvalue weighted by Gasteiger charge is 2.15. The Kier molecular flexibility index (Phi) is 10.2. The van der Waals surface area contributed by atoms with Crippen molar-refractivity contribution in [3.63, 3.8) is 0 Å². The van der Waals surface area contributed by atoms with Crippen molar-refractivity contribution >= 4 is 5.96 Å².